The Balaban J connectivity index is 1.45. The van der Waals surface area contributed by atoms with Crippen molar-refractivity contribution < 1.29 is 0 Å². The topological polar surface area (TPSA) is 80.6 Å². The second kappa shape index (κ2) is 10.4. The van der Waals surface area contributed by atoms with Gasteiger partial charge in [0.05, 0.1) is 17.6 Å². The van der Waals surface area contributed by atoms with E-state index in [4.69, 9.17) is 9.97 Å². The number of hydrogen-bond acceptors (Lipinski definition) is 7. The van der Waals surface area contributed by atoms with Gasteiger partial charge in [-0.15, -0.1) is 0 Å². The van der Waals surface area contributed by atoms with Gasteiger partial charge in [-0.25, -0.2) is 9.97 Å². The molecule has 0 spiro atoms. The fourth-order valence-electron chi connectivity index (χ4n) is 5.63. The summed E-state index contributed by atoms with van der Waals surface area (Å²) in [4.78, 5) is 30.9. The van der Waals surface area contributed by atoms with Crippen molar-refractivity contribution in [3.8, 4) is 22.3 Å². The maximum Gasteiger partial charge on any atom is 0.157 e. The minimum absolute atomic E-state index is 0.619. The molecular formula is C36H23N7. The van der Waals surface area contributed by atoms with E-state index in [2.05, 4.69) is 122 Å². The van der Waals surface area contributed by atoms with Crippen molar-refractivity contribution in [1.82, 2.24) is 29.9 Å². The van der Waals surface area contributed by atoms with Crippen LogP contribution >= 0.6 is 0 Å². The van der Waals surface area contributed by atoms with E-state index in [1.807, 2.05) is 18.3 Å². The van der Waals surface area contributed by atoms with Crippen LogP contribution in [0.15, 0.2) is 140 Å². The van der Waals surface area contributed by atoms with Crippen molar-refractivity contribution in [1.29, 1.82) is 0 Å². The molecule has 5 aromatic carbocycles. The second-order valence-electron chi connectivity index (χ2n) is 10.0. The Labute approximate surface area is 247 Å². The Hall–Kier alpha value is -6.08. The van der Waals surface area contributed by atoms with Gasteiger partial charge in [0.25, 0.3) is 0 Å². The first-order chi connectivity index (χ1) is 21.4. The first-order valence-electron chi connectivity index (χ1n) is 14.0. The van der Waals surface area contributed by atoms with Crippen molar-refractivity contribution in [2.75, 3.05) is 4.90 Å². The lowest BCUT2D eigenvalue weighted by Crippen LogP contribution is -2.14. The standard InChI is InChI=1S/C36H23N7/c1-3-11-24(12-4-1)26-15-7-9-17-28(26)43(29-18-10-8-16-27(29)25-13-5-2-6-14-25)30-23-41-35-33-31(37-19-20-39-33)32-34(36(35)42-30)40-22-21-38-32/h1-23H. The summed E-state index contributed by atoms with van der Waals surface area (Å²) >= 11 is 0. The number of benzene rings is 5. The van der Waals surface area contributed by atoms with Crippen molar-refractivity contribution in [3.63, 3.8) is 0 Å². The van der Waals surface area contributed by atoms with Crippen LogP contribution < -0.4 is 4.90 Å². The lowest BCUT2D eigenvalue weighted by molar-refractivity contribution is 1.17. The maximum atomic E-state index is 5.27. The maximum absolute atomic E-state index is 5.27. The molecule has 0 amide bonds. The predicted octanol–water partition coefficient (Wildman–Crippen LogP) is 8.32. The molecule has 0 aliphatic rings. The van der Waals surface area contributed by atoms with E-state index in [0.717, 1.165) is 33.6 Å². The minimum Gasteiger partial charge on any atom is -0.292 e. The quantitative estimate of drug-likeness (QED) is 0.198. The third kappa shape index (κ3) is 4.22. The summed E-state index contributed by atoms with van der Waals surface area (Å²) in [7, 11) is 0. The number of fused-ring (bicyclic) bond motifs is 6. The van der Waals surface area contributed by atoms with E-state index < -0.39 is 0 Å². The van der Waals surface area contributed by atoms with Gasteiger partial charge in [-0.05, 0) is 23.3 Å². The molecule has 0 aliphatic heterocycles. The molecule has 0 bridgehead atoms. The van der Waals surface area contributed by atoms with E-state index in [1.54, 1.807) is 24.8 Å². The zero-order valence-electron chi connectivity index (χ0n) is 22.9. The smallest absolute Gasteiger partial charge is 0.157 e. The molecule has 0 saturated heterocycles. The molecule has 0 saturated carbocycles. The normalized spacial score (nSPS) is 11.3. The average molecular weight is 554 g/mol. The number of para-hydroxylation sites is 2. The minimum atomic E-state index is 0.619. The van der Waals surface area contributed by atoms with E-state index >= 15 is 0 Å². The SMILES string of the molecule is c1ccc(-c2ccccc2N(c2cnc3c4nccnc4c4nccnc4c3n2)c2ccccc2-c2ccccc2)cc1. The molecule has 8 aromatic rings. The molecule has 0 N–H and O–H groups in total. The van der Waals surface area contributed by atoms with Gasteiger partial charge in [0, 0.05) is 35.9 Å². The third-order valence-electron chi connectivity index (χ3n) is 7.52. The van der Waals surface area contributed by atoms with Crippen molar-refractivity contribution in [3.05, 3.63) is 140 Å². The average Bonchev–Trinajstić information content (AvgIpc) is 3.10. The van der Waals surface area contributed by atoms with Gasteiger partial charge >= 0.3 is 0 Å². The van der Waals surface area contributed by atoms with Gasteiger partial charge in [0.15, 0.2) is 5.82 Å². The summed E-state index contributed by atoms with van der Waals surface area (Å²) in [5.41, 5.74) is 10.1. The molecule has 3 heterocycles. The molecule has 43 heavy (non-hydrogen) atoms. The lowest BCUT2D eigenvalue weighted by atomic mass is 9.99. The van der Waals surface area contributed by atoms with Crippen LogP contribution in [0.4, 0.5) is 17.2 Å². The molecule has 0 fully saturated rings. The van der Waals surface area contributed by atoms with Crippen LogP contribution in [0.5, 0.6) is 0 Å². The molecule has 0 aliphatic carbocycles. The predicted molar refractivity (Wildman–Crippen MR) is 171 cm³/mol. The molecular weight excluding hydrogens is 530 g/mol. The van der Waals surface area contributed by atoms with E-state index in [1.165, 1.54) is 0 Å². The first kappa shape index (κ1) is 24.7. The molecule has 3 aromatic heterocycles. The highest BCUT2D eigenvalue weighted by molar-refractivity contribution is 6.18. The Morgan fingerprint density at radius 1 is 0.372 bits per heavy atom. The molecule has 8 rings (SSSR count). The summed E-state index contributed by atoms with van der Waals surface area (Å²) in [6.07, 6.45) is 8.47. The number of nitrogens with zero attached hydrogens (tertiary/aromatic N) is 7. The van der Waals surface area contributed by atoms with Gasteiger partial charge in [0.1, 0.15) is 33.1 Å². The highest BCUT2D eigenvalue weighted by atomic mass is 15.2. The Bertz CT molecular complexity index is 2130. The van der Waals surface area contributed by atoms with Gasteiger partial charge in [-0.2, -0.15) is 0 Å². The highest BCUT2D eigenvalue weighted by Gasteiger charge is 2.23. The highest BCUT2D eigenvalue weighted by Crippen LogP contribution is 2.44. The molecule has 0 unspecified atom stereocenters. The largest absolute Gasteiger partial charge is 0.292 e. The lowest BCUT2D eigenvalue weighted by Gasteiger charge is -2.28. The van der Waals surface area contributed by atoms with Crippen LogP contribution in [0.1, 0.15) is 0 Å². The fourth-order valence-corrected chi connectivity index (χ4v) is 5.63. The summed E-state index contributed by atoms with van der Waals surface area (Å²) < 4.78 is 0. The zero-order valence-corrected chi connectivity index (χ0v) is 22.9. The van der Waals surface area contributed by atoms with Crippen LogP contribution in [-0.4, -0.2) is 29.9 Å². The Morgan fingerprint density at radius 3 is 1.26 bits per heavy atom. The van der Waals surface area contributed by atoms with Gasteiger partial charge in [-0.1, -0.05) is 97.1 Å². The summed E-state index contributed by atoms with van der Waals surface area (Å²) in [5, 5.41) is 0. The second-order valence-corrected chi connectivity index (χ2v) is 10.0. The van der Waals surface area contributed by atoms with Gasteiger partial charge in [0.2, 0.25) is 0 Å². The Kier molecular flexibility index (Phi) is 5.97. The summed E-state index contributed by atoms with van der Waals surface area (Å²) in [6.45, 7) is 0. The van der Waals surface area contributed by atoms with Gasteiger partial charge in [-0.3, -0.25) is 24.8 Å². The van der Waals surface area contributed by atoms with Crippen molar-refractivity contribution in [2.24, 2.45) is 0 Å². The molecule has 0 radical (unpaired) electrons. The molecule has 7 nitrogen and oxygen atoms in total. The van der Waals surface area contributed by atoms with E-state index in [9.17, 15) is 0 Å². The number of anilines is 3. The third-order valence-corrected chi connectivity index (χ3v) is 7.52. The number of aromatic nitrogens is 6. The van der Waals surface area contributed by atoms with Crippen LogP contribution in [0, 0.1) is 0 Å². The zero-order chi connectivity index (χ0) is 28.6. The van der Waals surface area contributed by atoms with Crippen LogP contribution in [0.3, 0.4) is 0 Å². The summed E-state index contributed by atoms with van der Waals surface area (Å²) in [6, 6.07) is 37.6. The van der Waals surface area contributed by atoms with E-state index in [-0.39, 0.29) is 0 Å². The molecule has 7 heteroatoms. The van der Waals surface area contributed by atoms with Crippen LogP contribution in [0.2, 0.25) is 0 Å². The number of hydrogen-bond donors (Lipinski definition) is 0. The van der Waals surface area contributed by atoms with Crippen LogP contribution in [0.25, 0.3) is 55.4 Å². The van der Waals surface area contributed by atoms with Gasteiger partial charge < -0.3 is 0 Å². The van der Waals surface area contributed by atoms with Crippen LogP contribution in [-0.2, 0) is 0 Å². The molecule has 202 valence electrons. The Morgan fingerprint density at radius 2 is 0.767 bits per heavy atom. The summed E-state index contributed by atoms with van der Waals surface area (Å²) in [5.74, 6) is 0.648. The van der Waals surface area contributed by atoms with Crippen molar-refractivity contribution in [2.45, 2.75) is 0 Å². The first-order valence-corrected chi connectivity index (χ1v) is 14.0. The monoisotopic (exact) mass is 553 g/mol. The van der Waals surface area contributed by atoms with E-state index in [0.29, 0.717) is 38.9 Å². The molecule has 0 atom stereocenters. The number of rotatable bonds is 5. The fraction of sp³-hybridized carbons (Fsp3) is 0. The van der Waals surface area contributed by atoms with Crippen molar-refractivity contribution >= 4 is 50.3 Å².